The maximum Gasteiger partial charge on any atom is 0.248 e. The fourth-order valence-corrected chi connectivity index (χ4v) is 3.11. The summed E-state index contributed by atoms with van der Waals surface area (Å²) < 4.78 is 10.8. The Hall–Kier alpha value is -2.58. The molecule has 3 rings (SSSR count). The van der Waals surface area contributed by atoms with E-state index in [-0.39, 0.29) is 18.6 Å². The fraction of sp³-hybridized carbons (Fsp3) is 0.474. The summed E-state index contributed by atoms with van der Waals surface area (Å²) in [6, 6.07) is 5.78. The first-order valence-electron chi connectivity index (χ1n) is 8.91. The number of nitrogens with one attached hydrogen (secondary N) is 1. The maximum atomic E-state index is 12.1. The maximum absolute atomic E-state index is 12.1. The second-order valence-corrected chi connectivity index (χ2v) is 6.65. The van der Waals surface area contributed by atoms with Crippen molar-refractivity contribution in [2.24, 2.45) is 0 Å². The first-order chi connectivity index (χ1) is 12.9. The van der Waals surface area contributed by atoms with E-state index in [2.05, 4.69) is 20.3 Å². The number of carbonyl (C=O) groups excluding carboxylic acids is 1. The van der Waals surface area contributed by atoms with Gasteiger partial charge in [-0.3, -0.25) is 9.78 Å². The van der Waals surface area contributed by atoms with Crippen LogP contribution < -0.4 is 5.32 Å². The molecule has 1 atom stereocenters. The highest BCUT2D eigenvalue weighted by Crippen LogP contribution is 2.25. The number of morpholine rings is 1. The summed E-state index contributed by atoms with van der Waals surface area (Å²) in [4.78, 5) is 27.3. The van der Waals surface area contributed by atoms with Crippen molar-refractivity contribution >= 4 is 17.5 Å². The second kappa shape index (κ2) is 8.41. The topological polar surface area (TPSA) is 89.5 Å². The van der Waals surface area contributed by atoms with Crippen LogP contribution in [-0.2, 0) is 14.3 Å². The van der Waals surface area contributed by atoms with E-state index in [1.807, 2.05) is 39.0 Å². The smallest absolute Gasteiger partial charge is 0.248 e. The van der Waals surface area contributed by atoms with Crippen molar-refractivity contribution in [2.45, 2.75) is 26.9 Å². The summed E-state index contributed by atoms with van der Waals surface area (Å²) in [6.07, 6.45) is -0.278. The lowest BCUT2D eigenvalue weighted by atomic mass is 10.1. The van der Waals surface area contributed by atoms with Gasteiger partial charge in [0.15, 0.2) is 0 Å². The Bertz CT molecular complexity index is 807. The number of amides is 1. The quantitative estimate of drug-likeness (QED) is 0.861. The third-order valence-electron chi connectivity index (χ3n) is 4.23. The number of methoxy groups -OCH3 is 1. The molecule has 1 fully saturated rings. The van der Waals surface area contributed by atoms with Crippen molar-refractivity contribution in [3.05, 3.63) is 41.0 Å². The Kier molecular flexibility index (Phi) is 5.98. The highest BCUT2D eigenvalue weighted by molar-refractivity contribution is 5.77. The molecule has 8 heteroatoms. The van der Waals surface area contributed by atoms with Crippen LogP contribution in [0, 0.1) is 20.8 Å². The SMILES string of the molecule is COCC(=O)N1CCO[C@@H](c2cc(Nc3nc(C)cc(C)n3)cc(C)n2)C1. The molecule has 1 saturated heterocycles. The van der Waals surface area contributed by atoms with Crippen LogP contribution in [0.3, 0.4) is 0 Å². The average molecular weight is 371 g/mol. The van der Waals surface area contributed by atoms with Crippen molar-refractivity contribution < 1.29 is 14.3 Å². The van der Waals surface area contributed by atoms with E-state index in [1.54, 1.807) is 4.90 Å². The molecule has 2 aromatic rings. The van der Waals surface area contributed by atoms with Crippen LogP contribution in [0.5, 0.6) is 0 Å². The van der Waals surface area contributed by atoms with Gasteiger partial charge in [-0.2, -0.15) is 0 Å². The van der Waals surface area contributed by atoms with Crippen molar-refractivity contribution in [1.82, 2.24) is 19.9 Å². The number of hydrogen-bond donors (Lipinski definition) is 1. The van der Waals surface area contributed by atoms with Gasteiger partial charge in [-0.05, 0) is 39.0 Å². The first-order valence-corrected chi connectivity index (χ1v) is 8.91. The second-order valence-electron chi connectivity index (χ2n) is 6.65. The van der Waals surface area contributed by atoms with Gasteiger partial charge >= 0.3 is 0 Å². The van der Waals surface area contributed by atoms with Gasteiger partial charge in [0.2, 0.25) is 11.9 Å². The minimum atomic E-state index is -0.278. The van der Waals surface area contributed by atoms with Crippen LogP contribution in [0.25, 0.3) is 0 Å². The van der Waals surface area contributed by atoms with Gasteiger partial charge in [-0.25, -0.2) is 9.97 Å². The molecule has 0 bridgehead atoms. The number of aryl methyl sites for hydroxylation is 3. The molecule has 0 aromatic carbocycles. The van der Waals surface area contributed by atoms with Gasteiger partial charge in [0, 0.05) is 36.4 Å². The van der Waals surface area contributed by atoms with Crippen LogP contribution in [0.15, 0.2) is 18.2 Å². The zero-order valence-corrected chi connectivity index (χ0v) is 16.2. The number of anilines is 2. The van der Waals surface area contributed by atoms with Crippen LogP contribution in [-0.4, -0.2) is 59.2 Å². The van der Waals surface area contributed by atoms with E-state index >= 15 is 0 Å². The Morgan fingerprint density at radius 2 is 1.89 bits per heavy atom. The van der Waals surface area contributed by atoms with Crippen molar-refractivity contribution in [2.75, 3.05) is 38.7 Å². The molecule has 1 N–H and O–H groups in total. The number of hydrogen-bond acceptors (Lipinski definition) is 7. The highest BCUT2D eigenvalue weighted by Gasteiger charge is 2.26. The molecule has 2 aromatic heterocycles. The third-order valence-corrected chi connectivity index (χ3v) is 4.23. The third kappa shape index (κ3) is 4.99. The Morgan fingerprint density at radius 1 is 1.19 bits per heavy atom. The minimum Gasteiger partial charge on any atom is -0.375 e. The lowest BCUT2D eigenvalue weighted by molar-refractivity contribution is -0.143. The standard InChI is InChI=1S/C19H25N5O3/c1-12-7-13(2)22-19(21-12)23-15-8-14(3)20-16(9-15)17-10-24(5-6-27-17)18(25)11-26-4/h7-9,17H,5-6,10-11H2,1-4H3,(H,20,21,22,23)/t17-/m1/s1. The van der Waals surface area contributed by atoms with Crippen LogP contribution in [0.2, 0.25) is 0 Å². The summed E-state index contributed by atoms with van der Waals surface area (Å²) in [5, 5.41) is 3.24. The molecule has 144 valence electrons. The Balaban J connectivity index is 1.79. The highest BCUT2D eigenvalue weighted by atomic mass is 16.5. The van der Waals surface area contributed by atoms with E-state index < -0.39 is 0 Å². The lowest BCUT2D eigenvalue weighted by Gasteiger charge is -2.32. The molecule has 1 aliphatic heterocycles. The molecule has 3 heterocycles. The van der Waals surface area contributed by atoms with Crippen molar-refractivity contribution in [3.8, 4) is 0 Å². The summed E-state index contributed by atoms with van der Waals surface area (Å²) in [5.74, 6) is 0.506. The minimum absolute atomic E-state index is 0.0413. The number of ether oxygens (including phenoxy) is 2. The largest absolute Gasteiger partial charge is 0.375 e. The van der Waals surface area contributed by atoms with Crippen molar-refractivity contribution in [3.63, 3.8) is 0 Å². The van der Waals surface area contributed by atoms with E-state index in [0.29, 0.717) is 25.6 Å². The van der Waals surface area contributed by atoms with E-state index in [4.69, 9.17) is 9.47 Å². The van der Waals surface area contributed by atoms with E-state index in [9.17, 15) is 4.79 Å². The van der Waals surface area contributed by atoms with Crippen LogP contribution in [0.4, 0.5) is 11.6 Å². The zero-order valence-electron chi connectivity index (χ0n) is 16.2. The summed E-state index contributed by atoms with van der Waals surface area (Å²) in [6.45, 7) is 7.36. The molecule has 1 aliphatic rings. The molecule has 1 amide bonds. The number of carbonyl (C=O) groups is 1. The predicted octanol–water partition coefficient (Wildman–Crippen LogP) is 2.09. The number of aromatic nitrogens is 3. The van der Waals surface area contributed by atoms with Crippen LogP contribution in [0.1, 0.15) is 28.9 Å². The zero-order chi connectivity index (χ0) is 19.4. The van der Waals surface area contributed by atoms with Crippen LogP contribution >= 0.6 is 0 Å². The molecule has 0 spiro atoms. The van der Waals surface area contributed by atoms with E-state index in [1.165, 1.54) is 7.11 Å². The Morgan fingerprint density at radius 3 is 2.59 bits per heavy atom. The molecular weight excluding hydrogens is 346 g/mol. The number of nitrogens with zero attached hydrogens (tertiary/aromatic N) is 4. The fourth-order valence-electron chi connectivity index (χ4n) is 3.11. The average Bonchev–Trinajstić information content (AvgIpc) is 2.60. The van der Waals surface area contributed by atoms with Gasteiger partial charge < -0.3 is 19.7 Å². The molecule has 27 heavy (non-hydrogen) atoms. The van der Waals surface area contributed by atoms with Gasteiger partial charge in [0.1, 0.15) is 12.7 Å². The molecule has 0 saturated carbocycles. The van der Waals surface area contributed by atoms with Gasteiger partial charge in [-0.1, -0.05) is 0 Å². The molecule has 0 unspecified atom stereocenters. The van der Waals surface area contributed by atoms with Gasteiger partial charge in [-0.15, -0.1) is 0 Å². The molecule has 8 nitrogen and oxygen atoms in total. The summed E-state index contributed by atoms with van der Waals surface area (Å²) >= 11 is 0. The monoisotopic (exact) mass is 371 g/mol. The van der Waals surface area contributed by atoms with Crippen molar-refractivity contribution in [1.29, 1.82) is 0 Å². The molecular formula is C19H25N5O3. The normalized spacial score (nSPS) is 17.0. The first kappa shape index (κ1) is 19.2. The van der Waals surface area contributed by atoms with Gasteiger partial charge in [0.25, 0.3) is 0 Å². The predicted molar refractivity (Wildman–Crippen MR) is 101 cm³/mol. The summed E-state index contributed by atoms with van der Waals surface area (Å²) in [5.41, 5.74) is 4.27. The summed E-state index contributed by atoms with van der Waals surface area (Å²) in [7, 11) is 1.52. The van der Waals surface area contributed by atoms with Gasteiger partial charge in [0.05, 0.1) is 18.8 Å². The number of pyridine rings is 1. The number of rotatable bonds is 5. The van der Waals surface area contributed by atoms with E-state index in [0.717, 1.165) is 28.5 Å². The molecule has 0 aliphatic carbocycles. The lowest BCUT2D eigenvalue weighted by Crippen LogP contribution is -2.44. The molecule has 0 radical (unpaired) electrons. The Labute approximate surface area is 158 Å².